The largest absolute Gasteiger partial charge is 0.481 e. The van der Waals surface area contributed by atoms with E-state index in [0.29, 0.717) is 6.54 Å². The van der Waals surface area contributed by atoms with Crippen LogP contribution in [0.25, 0.3) is 0 Å². The van der Waals surface area contributed by atoms with Crippen LogP contribution in [0.3, 0.4) is 0 Å². The molecule has 21 heavy (non-hydrogen) atoms. The number of rotatable bonds is 3. The second-order valence-corrected chi connectivity index (χ2v) is 6.86. The van der Waals surface area contributed by atoms with Crippen molar-refractivity contribution in [1.29, 1.82) is 0 Å². The van der Waals surface area contributed by atoms with Gasteiger partial charge >= 0.3 is 12.1 Å². The van der Waals surface area contributed by atoms with E-state index in [4.69, 9.17) is 14.6 Å². The smallest absolute Gasteiger partial charge is 0.410 e. The van der Waals surface area contributed by atoms with E-state index in [-0.39, 0.29) is 30.8 Å². The van der Waals surface area contributed by atoms with Crippen LogP contribution in [0.4, 0.5) is 4.79 Å². The highest BCUT2D eigenvalue weighted by Crippen LogP contribution is 2.32. The van der Waals surface area contributed by atoms with Gasteiger partial charge in [0.25, 0.3) is 0 Å². The van der Waals surface area contributed by atoms with Crippen molar-refractivity contribution in [3.8, 4) is 0 Å². The zero-order valence-corrected chi connectivity index (χ0v) is 13.0. The fraction of sp³-hybridized carbons (Fsp3) is 0.867. The van der Waals surface area contributed by atoms with Gasteiger partial charge in [0, 0.05) is 6.54 Å². The van der Waals surface area contributed by atoms with Crippen LogP contribution in [-0.2, 0) is 14.3 Å². The molecule has 2 aliphatic heterocycles. The van der Waals surface area contributed by atoms with Crippen molar-refractivity contribution >= 4 is 12.1 Å². The Morgan fingerprint density at radius 3 is 2.62 bits per heavy atom. The number of nitrogens with zero attached hydrogens (tertiary/aromatic N) is 1. The molecular weight excluding hydrogens is 274 g/mol. The Morgan fingerprint density at radius 1 is 1.29 bits per heavy atom. The zero-order valence-electron chi connectivity index (χ0n) is 13.0. The lowest BCUT2D eigenvalue weighted by molar-refractivity contribution is -0.140. The minimum atomic E-state index is -0.837. The Hall–Kier alpha value is -1.30. The predicted molar refractivity (Wildman–Crippen MR) is 76.1 cm³/mol. The van der Waals surface area contributed by atoms with Crippen LogP contribution in [0, 0.1) is 0 Å². The highest BCUT2D eigenvalue weighted by Gasteiger charge is 2.41. The number of likely N-dealkylation sites (tertiary alicyclic amines) is 1. The van der Waals surface area contributed by atoms with E-state index >= 15 is 0 Å². The van der Waals surface area contributed by atoms with Gasteiger partial charge in [-0.15, -0.1) is 0 Å². The lowest BCUT2D eigenvalue weighted by Crippen LogP contribution is -2.45. The minimum absolute atomic E-state index is 0.0126. The normalized spacial score (nSPS) is 29.7. The number of hydrogen-bond donors (Lipinski definition) is 1. The maximum Gasteiger partial charge on any atom is 0.410 e. The van der Waals surface area contributed by atoms with Crippen molar-refractivity contribution in [3.05, 3.63) is 0 Å². The predicted octanol–water partition coefficient (Wildman–Crippen LogP) is 2.41. The molecule has 0 aromatic heterocycles. The molecule has 0 saturated carbocycles. The summed E-state index contributed by atoms with van der Waals surface area (Å²) in [6, 6.07) is 0.0126. The molecule has 2 rings (SSSR count). The van der Waals surface area contributed by atoms with Gasteiger partial charge < -0.3 is 19.5 Å². The quantitative estimate of drug-likeness (QED) is 0.866. The number of carboxylic acids is 1. The number of carbonyl (C=O) groups excluding carboxylic acids is 1. The fourth-order valence-corrected chi connectivity index (χ4v) is 3.09. The first kappa shape index (κ1) is 16.1. The van der Waals surface area contributed by atoms with E-state index in [1.807, 2.05) is 20.8 Å². The molecule has 1 N–H and O–H groups in total. The summed E-state index contributed by atoms with van der Waals surface area (Å²) in [6.45, 7) is 6.24. The van der Waals surface area contributed by atoms with Crippen LogP contribution in [0.1, 0.15) is 52.9 Å². The maximum atomic E-state index is 12.2. The van der Waals surface area contributed by atoms with Gasteiger partial charge in [0.05, 0.1) is 24.7 Å². The molecule has 3 atom stereocenters. The molecule has 2 fully saturated rings. The van der Waals surface area contributed by atoms with Crippen molar-refractivity contribution in [2.45, 2.75) is 76.7 Å². The summed E-state index contributed by atoms with van der Waals surface area (Å²) in [5.74, 6) is -0.837. The van der Waals surface area contributed by atoms with E-state index in [2.05, 4.69) is 0 Å². The van der Waals surface area contributed by atoms with Gasteiger partial charge in [-0.2, -0.15) is 0 Å². The minimum Gasteiger partial charge on any atom is -0.481 e. The molecule has 2 aliphatic rings. The van der Waals surface area contributed by atoms with E-state index in [9.17, 15) is 9.59 Å². The van der Waals surface area contributed by atoms with Crippen molar-refractivity contribution in [3.63, 3.8) is 0 Å². The molecule has 0 aliphatic carbocycles. The van der Waals surface area contributed by atoms with Gasteiger partial charge in [-0.1, -0.05) is 0 Å². The molecule has 6 nitrogen and oxygen atoms in total. The molecule has 2 unspecified atom stereocenters. The number of aliphatic carboxylic acids is 1. The topological polar surface area (TPSA) is 76.1 Å². The average molecular weight is 299 g/mol. The second-order valence-electron chi connectivity index (χ2n) is 6.86. The monoisotopic (exact) mass is 299 g/mol. The van der Waals surface area contributed by atoms with Gasteiger partial charge in [0.2, 0.25) is 0 Å². The van der Waals surface area contributed by atoms with E-state index in [1.165, 1.54) is 0 Å². The Balaban J connectivity index is 1.93. The fourth-order valence-electron chi connectivity index (χ4n) is 3.09. The zero-order chi connectivity index (χ0) is 15.6. The Bertz CT molecular complexity index is 403. The van der Waals surface area contributed by atoms with Crippen LogP contribution in [0.5, 0.6) is 0 Å². The van der Waals surface area contributed by atoms with Gasteiger partial charge in [-0.3, -0.25) is 4.79 Å². The summed E-state index contributed by atoms with van der Waals surface area (Å²) >= 11 is 0. The summed E-state index contributed by atoms with van der Waals surface area (Å²) in [5, 5.41) is 8.83. The number of hydrogen-bond acceptors (Lipinski definition) is 4. The van der Waals surface area contributed by atoms with Gasteiger partial charge in [-0.05, 0) is 46.5 Å². The Kier molecular flexibility index (Phi) is 4.76. The lowest BCUT2D eigenvalue weighted by atomic mass is 10.0. The lowest BCUT2D eigenvalue weighted by Gasteiger charge is -2.31. The molecule has 0 aromatic carbocycles. The average Bonchev–Trinajstić information content (AvgIpc) is 2.92. The van der Waals surface area contributed by atoms with Crippen molar-refractivity contribution < 1.29 is 24.2 Å². The highest BCUT2D eigenvalue weighted by molar-refractivity contribution is 5.69. The van der Waals surface area contributed by atoms with Crippen molar-refractivity contribution in [2.75, 3.05) is 6.54 Å². The third-order valence-corrected chi connectivity index (χ3v) is 3.90. The third kappa shape index (κ3) is 4.33. The number of carboxylic acid groups (broad SMARTS) is 1. The first-order valence-corrected chi connectivity index (χ1v) is 7.63. The van der Waals surface area contributed by atoms with Crippen LogP contribution in [0.15, 0.2) is 0 Å². The molecule has 0 bridgehead atoms. The van der Waals surface area contributed by atoms with E-state index in [1.54, 1.807) is 4.90 Å². The van der Waals surface area contributed by atoms with Crippen LogP contribution >= 0.6 is 0 Å². The maximum absolute atomic E-state index is 12.2. The summed E-state index contributed by atoms with van der Waals surface area (Å²) in [6.07, 6.45) is 2.83. The Labute approximate surface area is 125 Å². The number of amides is 1. The van der Waals surface area contributed by atoms with Gasteiger partial charge in [0.15, 0.2) is 0 Å². The molecule has 0 radical (unpaired) electrons. The van der Waals surface area contributed by atoms with Gasteiger partial charge in [-0.25, -0.2) is 4.79 Å². The molecule has 2 heterocycles. The summed E-state index contributed by atoms with van der Waals surface area (Å²) in [7, 11) is 0. The first-order valence-electron chi connectivity index (χ1n) is 7.63. The summed E-state index contributed by atoms with van der Waals surface area (Å²) < 4.78 is 11.3. The van der Waals surface area contributed by atoms with Gasteiger partial charge in [0.1, 0.15) is 5.60 Å². The summed E-state index contributed by atoms with van der Waals surface area (Å²) in [5.41, 5.74) is -0.507. The van der Waals surface area contributed by atoms with Crippen LogP contribution < -0.4 is 0 Å². The highest BCUT2D eigenvalue weighted by atomic mass is 16.6. The SMILES string of the molecule is CC(C)(C)OC(=O)N1CCC[C@H]1C1CCC(CC(=O)O)O1. The van der Waals surface area contributed by atoms with Crippen molar-refractivity contribution in [2.24, 2.45) is 0 Å². The molecule has 0 spiro atoms. The molecule has 2 saturated heterocycles. The van der Waals surface area contributed by atoms with E-state index < -0.39 is 11.6 Å². The first-order chi connectivity index (χ1) is 9.76. The molecule has 120 valence electrons. The standard InChI is InChI=1S/C15H25NO5/c1-15(2,3)21-14(19)16-8-4-5-11(16)12-7-6-10(20-12)9-13(17)18/h10-12H,4-9H2,1-3H3,(H,17,18)/t10?,11-,12?/m0/s1. The molecule has 1 amide bonds. The second kappa shape index (κ2) is 6.22. The molecular formula is C15H25NO5. The third-order valence-electron chi connectivity index (χ3n) is 3.90. The Morgan fingerprint density at radius 2 is 2.00 bits per heavy atom. The van der Waals surface area contributed by atoms with Crippen LogP contribution in [-0.4, -0.2) is 52.5 Å². The number of carbonyl (C=O) groups is 2. The van der Waals surface area contributed by atoms with Crippen molar-refractivity contribution in [1.82, 2.24) is 4.90 Å². The number of ether oxygens (including phenoxy) is 2. The van der Waals surface area contributed by atoms with E-state index in [0.717, 1.165) is 25.7 Å². The molecule has 0 aromatic rings. The molecule has 6 heteroatoms. The summed E-state index contributed by atoms with van der Waals surface area (Å²) in [4.78, 5) is 24.7. The van der Waals surface area contributed by atoms with Crippen LogP contribution in [0.2, 0.25) is 0 Å².